The molecule has 1 saturated heterocycles. The Morgan fingerprint density at radius 2 is 1.96 bits per heavy atom. The first kappa shape index (κ1) is 18.5. The van der Waals surface area contributed by atoms with Crippen LogP contribution in [0.15, 0.2) is 18.3 Å². The Hall–Kier alpha value is -2.31. The van der Waals surface area contributed by atoms with Gasteiger partial charge in [0.2, 0.25) is 17.7 Å². The Kier molecular flexibility index (Phi) is 4.82. The van der Waals surface area contributed by atoms with E-state index in [1.54, 1.807) is 17.2 Å². The summed E-state index contributed by atoms with van der Waals surface area (Å²) in [6.07, 6.45) is 5.62. The molecule has 1 aromatic rings. The number of rotatable bonds is 2. The monoisotopic (exact) mass is 363 g/mol. The van der Waals surface area contributed by atoms with Crippen molar-refractivity contribution in [1.82, 2.24) is 9.88 Å². The van der Waals surface area contributed by atoms with E-state index >= 15 is 0 Å². The zero-order valence-electron chi connectivity index (χ0n) is 13.7. The summed E-state index contributed by atoms with van der Waals surface area (Å²) in [6.45, 7) is 0.829. The Morgan fingerprint density at radius 1 is 1.27 bits per heavy atom. The fourth-order valence-corrected chi connectivity index (χ4v) is 4.07. The number of likely N-dealkylation sites (tertiary alicyclic amines) is 1. The minimum atomic E-state index is -2.56. The van der Waals surface area contributed by atoms with Crippen LogP contribution in [0.25, 0.3) is 6.08 Å². The number of anilines is 1. The maximum atomic E-state index is 13.4. The molecule has 1 aromatic heterocycles. The highest BCUT2D eigenvalue weighted by molar-refractivity contribution is 5.94. The van der Waals surface area contributed by atoms with Crippen molar-refractivity contribution in [3.8, 4) is 0 Å². The molecule has 7 heteroatoms. The van der Waals surface area contributed by atoms with Gasteiger partial charge in [0, 0.05) is 44.6 Å². The summed E-state index contributed by atoms with van der Waals surface area (Å²) in [4.78, 5) is 29.5. The Bertz CT molecular complexity index is 747. The van der Waals surface area contributed by atoms with Gasteiger partial charge in [0.1, 0.15) is 5.82 Å². The molecule has 140 valence electrons. The Morgan fingerprint density at radius 3 is 2.65 bits per heavy atom. The highest BCUT2D eigenvalue weighted by Gasteiger charge is 2.50. The van der Waals surface area contributed by atoms with Gasteiger partial charge in [0.25, 0.3) is 0 Å². The van der Waals surface area contributed by atoms with Gasteiger partial charge in [-0.1, -0.05) is 7.43 Å². The summed E-state index contributed by atoms with van der Waals surface area (Å²) in [5.41, 5.74) is 1.74. The summed E-state index contributed by atoms with van der Waals surface area (Å²) in [7, 11) is 0. The minimum Gasteiger partial charge on any atom is -0.339 e. The predicted octanol–water partition coefficient (Wildman–Crippen LogP) is 3.12. The van der Waals surface area contributed by atoms with Crippen LogP contribution in [0.1, 0.15) is 37.8 Å². The van der Waals surface area contributed by atoms with E-state index in [1.165, 1.54) is 6.08 Å². The van der Waals surface area contributed by atoms with Crippen molar-refractivity contribution in [2.45, 2.75) is 39.0 Å². The third kappa shape index (κ3) is 3.61. The lowest BCUT2D eigenvalue weighted by Crippen LogP contribution is -2.29. The number of alkyl halides is 2. The second kappa shape index (κ2) is 6.78. The summed E-state index contributed by atoms with van der Waals surface area (Å²) < 4.78 is 26.8. The van der Waals surface area contributed by atoms with Gasteiger partial charge in [0.05, 0.1) is 0 Å². The molecule has 1 aliphatic carbocycles. The van der Waals surface area contributed by atoms with E-state index in [0.29, 0.717) is 31.7 Å². The Labute approximate surface area is 151 Å². The largest absolute Gasteiger partial charge is 0.339 e. The van der Waals surface area contributed by atoms with E-state index in [4.69, 9.17) is 0 Å². The van der Waals surface area contributed by atoms with Crippen LogP contribution in [0.2, 0.25) is 0 Å². The van der Waals surface area contributed by atoms with Crippen molar-refractivity contribution in [2.75, 3.05) is 18.4 Å². The van der Waals surface area contributed by atoms with Gasteiger partial charge in [-0.2, -0.15) is 0 Å². The van der Waals surface area contributed by atoms with Gasteiger partial charge in [-0.05, 0) is 41.5 Å². The second-order valence-electron chi connectivity index (χ2n) is 7.19. The number of nitrogens with one attached hydrogen (secondary N) is 1. The van der Waals surface area contributed by atoms with Gasteiger partial charge in [-0.25, -0.2) is 13.8 Å². The van der Waals surface area contributed by atoms with Crippen LogP contribution < -0.4 is 5.32 Å². The molecule has 5 nitrogen and oxygen atoms in total. The fourth-order valence-electron chi connectivity index (χ4n) is 4.07. The molecule has 2 atom stereocenters. The summed E-state index contributed by atoms with van der Waals surface area (Å²) in [5, 5.41) is 2.72. The number of carbonyl (C=O) groups is 2. The van der Waals surface area contributed by atoms with Crippen LogP contribution in [0.5, 0.6) is 0 Å². The number of hydrogen-bond acceptors (Lipinski definition) is 3. The standard InChI is InChI=1S/C18H19F2N3O2.CH4/c19-18(20)6-13-9-23(10-14(13)7-18)16(25)4-1-11-5-12-2-3-15(24)22-17(12)21-8-11;/h1,4-5,8,13-14H,2-3,6-7,9-10H2,(H,21,22,24);1H4/b4-1+;. The molecule has 0 radical (unpaired) electrons. The second-order valence-corrected chi connectivity index (χ2v) is 7.19. The lowest BCUT2D eigenvalue weighted by Gasteiger charge is -2.17. The number of amides is 2. The van der Waals surface area contributed by atoms with Gasteiger partial charge in [-0.3, -0.25) is 9.59 Å². The van der Waals surface area contributed by atoms with Crippen molar-refractivity contribution in [3.63, 3.8) is 0 Å². The first-order chi connectivity index (χ1) is 11.9. The molecule has 0 spiro atoms. The predicted molar refractivity (Wildman–Crippen MR) is 94.7 cm³/mol. The number of nitrogens with zero attached hydrogens (tertiary/aromatic N) is 2. The molecule has 1 N–H and O–H groups in total. The average Bonchev–Trinajstić information content (AvgIpc) is 3.06. The van der Waals surface area contributed by atoms with Crippen molar-refractivity contribution >= 4 is 23.7 Å². The normalized spacial score (nSPS) is 26.2. The zero-order valence-corrected chi connectivity index (χ0v) is 13.7. The molecule has 4 rings (SSSR count). The summed E-state index contributed by atoms with van der Waals surface area (Å²) in [6, 6.07) is 1.91. The first-order valence-electron chi connectivity index (χ1n) is 8.53. The fraction of sp³-hybridized carbons (Fsp3) is 0.526. The number of pyridine rings is 1. The molecule has 0 bridgehead atoms. The minimum absolute atomic E-state index is 0. The van der Waals surface area contributed by atoms with Crippen LogP contribution in [-0.2, 0) is 16.0 Å². The first-order valence-corrected chi connectivity index (χ1v) is 8.53. The summed E-state index contributed by atoms with van der Waals surface area (Å²) in [5.74, 6) is -2.34. The number of hydrogen-bond donors (Lipinski definition) is 1. The third-order valence-corrected chi connectivity index (χ3v) is 5.30. The van der Waals surface area contributed by atoms with Crippen LogP contribution in [-0.4, -0.2) is 40.7 Å². The molecule has 26 heavy (non-hydrogen) atoms. The number of fused-ring (bicyclic) bond motifs is 2. The quantitative estimate of drug-likeness (QED) is 0.821. The van der Waals surface area contributed by atoms with Crippen molar-refractivity contribution in [2.24, 2.45) is 11.8 Å². The van der Waals surface area contributed by atoms with Gasteiger partial charge >= 0.3 is 0 Å². The van der Waals surface area contributed by atoms with Crippen molar-refractivity contribution < 1.29 is 18.4 Å². The maximum Gasteiger partial charge on any atom is 0.248 e. The molecule has 2 aliphatic heterocycles. The van der Waals surface area contributed by atoms with Crippen molar-refractivity contribution in [3.05, 3.63) is 29.5 Å². The number of halogens is 2. The smallest absolute Gasteiger partial charge is 0.248 e. The number of carbonyl (C=O) groups excluding carboxylic acids is 2. The molecule has 2 amide bonds. The van der Waals surface area contributed by atoms with Gasteiger partial charge in [0.15, 0.2) is 0 Å². The molecule has 2 fully saturated rings. The molecular weight excluding hydrogens is 340 g/mol. The molecular formula is C19H23F2N3O2. The number of aryl methyl sites for hydroxylation is 1. The highest BCUT2D eigenvalue weighted by atomic mass is 19.3. The SMILES string of the molecule is C.O=C1CCc2cc(/C=C/C(=O)N3CC4CC(F)(F)CC4C3)cnc2N1. The van der Waals surface area contributed by atoms with E-state index in [9.17, 15) is 18.4 Å². The van der Waals surface area contributed by atoms with Crippen LogP contribution >= 0.6 is 0 Å². The molecule has 3 aliphatic rings. The maximum absolute atomic E-state index is 13.4. The van der Waals surface area contributed by atoms with Gasteiger partial charge < -0.3 is 10.2 Å². The van der Waals surface area contributed by atoms with Gasteiger partial charge in [-0.15, -0.1) is 0 Å². The van der Waals surface area contributed by atoms with Crippen LogP contribution in [0.4, 0.5) is 14.6 Å². The van der Waals surface area contributed by atoms with Crippen molar-refractivity contribution in [1.29, 1.82) is 0 Å². The average molecular weight is 363 g/mol. The Balaban J connectivity index is 0.00000196. The molecule has 2 unspecified atom stereocenters. The lowest BCUT2D eigenvalue weighted by atomic mass is 10.0. The van der Waals surface area contributed by atoms with Crippen LogP contribution in [0.3, 0.4) is 0 Å². The third-order valence-electron chi connectivity index (χ3n) is 5.30. The van der Waals surface area contributed by atoms with Crippen LogP contribution in [0, 0.1) is 11.8 Å². The van der Waals surface area contributed by atoms with E-state index in [1.807, 2.05) is 6.07 Å². The molecule has 0 aromatic carbocycles. The van der Waals surface area contributed by atoms with E-state index in [0.717, 1.165) is 11.1 Å². The van der Waals surface area contributed by atoms with E-state index in [2.05, 4.69) is 10.3 Å². The number of aromatic nitrogens is 1. The highest BCUT2D eigenvalue weighted by Crippen LogP contribution is 2.46. The topological polar surface area (TPSA) is 62.3 Å². The molecule has 1 saturated carbocycles. The lowest BCUT2D eigenvalue weighted by molar-refractivity contribution is -0.125. The van der Waals surface area contributed by atoms with E-state index in [-0.39, 0.29) is 43.9 Å². The summed E-state index contributed by atoms with van der Waals surface area (Å²) >= 11 is 0. The zero-order chi connectivity index (χ0) is 17.6. The molecule has 3 heterocycles. The van der Waals surface area contributed by atoms with E-state index < -0.39 is 5.92 Å².